The van der Waals surface area contributed by atoms with Crippen molar-refractivity contribution in [2.24, 2.45) is 5.92 Å². The Balaban J connectivity index is 2.00. The Kier molecular flexibility index (Phi) is 2.91. The first-order chi connectivity index (χ1) is 7.70. The average molecular weight is 219 g/mol. The maximum Gasteiger partial charge on any atom is 0.275 e. The van der Waals surface area contributed by atoms with E-state index in [1.807, 2.05) is 0 Å². The highest BCUT2D eigenvalue weighted by atomic mass is 16.3. The lowest BCUT2D eigenvalue weighted by Crippen LogP contribution is -2.38. The summed E-state index contributed by atoms with van der Waals surface area (Å²) in [6, 6.07) is 2.24. The quantitative estimate of drug-likeness (QED) is 0.715. The van der Waals surface area contributed by atoms with E-state index in [-0.39, 0.29) is 11.8 Å². The number of carbonyl (C=O) groups excluding carboxylic acids is 1. The van der Waals surface area contributed by atoms with Gasteiger partial charge >= 0.3 is 0 Å². The molecule has 0 atom stereocenters. The molecule has 0 bridgehead atoms. The molecule has 0 N–H and O–H groups in total. The standard InChI is InChI=1S/C11H13N3O2/c1-8-13-10(7-16-8)11(15)14-4-2-9(6-12)3-5-14/h7,9H,2-5H2,1H3. The van der Waals surface area contributed by atoms with Crippen LogP contribution in [0.4, 0.5) is 0 Å². The normalized spacial score (nSPS) is 17.1. The van der Waals surface area contributed by atoms with Crippen molar-refractivity contribution in [3.05, 3.63) is 17.8 Å². The van der Waals surface area contributed by atoms with E-state index in [1.165, 1.54) is 6.26 Å². The second kappa shape index (κ2) is 4.35. The highest BCUT2D eigenvalue weighted by Crippen LogP contribution is 2.17. The van der Waals surface area contributed by atoms with Crippen molar-refractivity contribution in [1.29, 1.82) is 5.26 Å². The van der Waals surface area contributed by atoms with Crippen LogP contribution in [0.1, 0.15) is 29.2 Å². The third kappa shape index (κ3) is 2.06. The monoisotopic (exact) mass is 219 g/mol. The van der Waals surface area contributed by atoms with E-state index in [0.29, 0.717) is 24.7 Å². The maximum absolute atomic E-state index is 11.9. The predicted octanol–water partition coefficient (Wildman–Crippen LogP) is 1.36. The Hall–Kier alpha value is -1.83. The van der Waals surface area contributed by atoms with Gasteiger partial charge in [0.15, 0.2) is 11.6 Å². The van der Waals surface area contributed by atoms with E-state index in [1.54, 1.807) is 11.8 Å². The van der Waals surface area contributed by atoms with Gasteiger partial charge in [-0.1, -0.05) is 0 Å². The van der Waals surface area contributed by atoms with Gasteiger partial charge < -0.3 is 9.32 Å². The van der Waals surface area contributed by atoms with Gasteiger partial charge in [-0.15, -0.1) is 0 Å². The van der Waals surface area contributed by atoms with E-state index in [9.17, 15) is 4.79 Å². The van der Waals surface area contributed by atoms with Crippen molar-refractivity contribution in [2.45, 2.75) is 19.8 Å². The van der Waals surface area contributed by atoms with Crippen LogP contribution in [0.2, 0.25) is 0 Å². The lowest BCUT2D eigenvalue weighted by Gasteiger charge is -2.28. The Morgan fingerprint density at radius 2 is 2.31 bits per heavy atom. The number of aromatic nitrogens is 1. The third-order valence-corrected chi connectivity index (χ3v) is 2.80. The number of rotatable bonds is 1. The summed E-state index contributed by atoms with van der Waals surface area (Å²) in [6.07, 6.45) is 2.88. The summed E-state index contributed by atoms with van der Waals surface area (Å²) in [6.45, 7) is 2.96. The minimum Gasteiger partial charge on any atom is -0.448 e. The summed E-state index contributed by atoms with van der Waals surface area (Å²) < 4.78 is 5.01. The van der Waals surface area contributed by atoms with Gasteiger partial charge in [0.1, 0.15) is 6.26 Å². The fourth-order valence-electron chi connectivity index (χ4n) is 1.84. The molecular weight excluding hydrogens is 206 g/mol. The number of hydrogen-bond acceptors (Lipinski definition) is 4. The van der Waals surface area contributed by atoms with E-state index in [2.05, 4.69) is 11.1 Å². The van der Waals surface area contributed by atoms with Crippen LogP contribution in [-0.2, 0) is 0 Å². The second-order valence-electron chi connectivity index (χ2n) is 3.95. The van der Waals surface area contributed by atoms with Gasteiger partial charge in [-0.3, -0.25) is 4.79 Å². The largest absolute Gasteiger partial charge is 0.448 e. The van der Waals surface area contributed by atoms with Gasteiger partial charge in [0, 0.05) is 25.9 Å². The van der Waals surface area contributed by atoms with E-state index < -0.39 is 0 Å². The minimum atomic E-state index is -0.103. The number of likely N-dealkylation sites (tertiary alicyclic amines) is 1. The zero-order chi connectivity index (χ0) is 11.5. The molecule has 1 aromatic rings. The number of nitriles is 1. The third-order valence-electron chi connectivity index (χ3n) is 2.80. The van der Waals surface area contributed by atoms with Gasteiger partial charge in [0.05, 0.1) is 6.07 Å². The van der Waals surface area contributed by atoms with Crippen LogP contribution in [0.15, 0.2) is 10.7 Å². The van der Waals surface area contributed by atoms with Gasteiger partial charge in [-0.25, -0.2) is 4.98 Å². The van der Waals surface area contributed by atoms with Crippen LogP contribution in [0, 0.1) is 24.2 Å². The number of piperidine rings is 1. The number of amides is 1. The average Bonchev–Trinajstić information content (AvgIpc) is 2.75. The lowest BCUT2D eigenvalue weighted by molar-refractivity contribution is 0.0701. The number of aryl methyl sites for hydroxylation is 1. The van der Waals surface area contributed by atoms with Gasteiger partial charge in [-0.05, 0) is 12.8 Å². The summed E-state index contributed by atoms with van der Waals surface area (Å²) in [4.78, 5) is 17.7. The predicted molar refractivity (Wildman–Crippen MR) is 55.5 cm³/mol. The molecule has 0 aliphatic carbocycles. The van der Waals surface area contributed by atoms with Crippen LogP contribution in [0.25, 0.3) is 0 Å². The zero-order valence-electron chi connectivity index (χ0n) is 9.14. The van der Waals surface area contributed by atoms with E-state index >= 15 is 0 Å². The first-order valence-electron chi connectivity index (χ1n) is 5.31. The van der Waals surface area contributed by atoms with Gasteiger partial charge in [0.2, 0.25) is 0 Å². The Morgan fingerprint density at radius 3 is 2.81 bits per heavy atom. The topological polar surface area (TPSA) is 70.1 Å². The molecule has 0 aromatic carbocycles. The molecular formula is C11H13N3O2. The van der Waals surface area contributed by atoms with Crippen molar-refractivity contribution in [2.75, 3.05) is 13.1 Å². The second-order valence-corrected chi connectivity index (χ2v) is 3.95. The van der Waals surface area contributed by atoms with Crippen molar-refractivity contribution < 1.29 is 9.21 Å². The number of hydrogen-bond donors (Lipinski definition) is 0. The number of nitrogens with zero attached hydrogens (tertiary/aromatic N) is 3. The van der Waals surface area contributed by atoms with Gasteiger partial charge in [0.25, 0.3) is 5.91 Å². The van der Waals surface area contributed by atoms with Gasteiger partial charge in [-0.2, -0.15) is 5.26 Å². The molecule has 1 saturated heterocycles. The van der Waals surface area contributed by atoms with Crippen molar-refractivity contribution in [3.63, 3.8) is 0 Å². The van der Waals surface area contributed by atoms with Crippen LogP contribution in [-0.4, -0.2) is 28.9 Å². The first-order valence-corrected chi connectivity index (χ1v) is 5.31. The molecule has 16 heavy (non-hydrogen) atoms. The molecule has 1 amide bonds. The minimum absolute atomic E-state index is 0.0862. The van der Waals surface area contributed by atoms with Crippen LogP contribution >= 0.6 is 0 Å². The molecule has 0 saturated carbocycles. The summed E-state index contributed by atoms with van der Waals surface area (Å²) in [5.41, 5.74) is 0.355. The lowest BCUT2D eigenvalue weighted by atomic mass is 9.98. The molecule has 1 aliphatic heterocycles. The molecule has 2 heterocycles. The molecule has 1 aromatic heterocycles. The molecule has 1 aliphatic rings. The highest BCUT2D eigenvalue weighted by Gasteiger charge is 2.24. The Morgan fingerprint density at radius 1 is 1.62 bits per heavy atom. The SMILES string of the molecule is Cc1nc(C(=O)N2CCC(C#N)CC2)co1. The van der Waals surface area contributed by atoms with E-state index in [0.717, 1.165) is 12.8 Å². The molecule has 2 rings (SSSR count). The van der Waals surface area contributed by atoms with Crippen LogP contribution in [0.3, 0.4) is 0 Å². The molecule has 0 spiro atoms. The molecule has 5 heteroatoms. The highest BCUT2D eigenvalue weighted by molar-refractivity contribution is 5.92. The smallest absolute Gasteiger partial charge is 0.275 e. The zero-order valence-corrected chi connectivity index (χ0v) is 9.14. The summed E-state index contributed by atoms with van der Waals surface area (Å²) in [7, 11) is 0. The summed E-state index contributed by atoms with van der Waals surface area (Å²) in [5.74, 6) is 0.478. The molecule has 0 unspecified atom stereocenters. The number of oxazole rings is 1. The fraction of sp³-hybridized carbons (Fsp3) is 0.545. The Bertz CT molecular complexity index is 425. The molecule has 0 radical (unpaired) electrons. The number of carbonyl (C=O) groups is 1. The maximum atomic E-state index is 11.9. The first kappa shape index (κ1) is 10.7. The molecule has 84 valence electrons. The summed E-state index contributed by atoms with van der Waals surface area (Å²) in [5, 5.41) is 8.76. The van der Waals surface area contributed by atoms with Crippen LogP contribution in [0.5, 0.6) is 0 Å². The van der Waals surface area contributed by atoms with Crippen molar-refractivity contribution in [1.82, 2.24) is 9.88 Å². The van der Waals surface area contributed by atoms with E-state index in [4.69, 9.17) is 9.68 Å². The molecule has 1 fully saturated rings. The van der Waals surface area contributed by atoms with Crippen LogP contribution < -0.4 is 0 Å². The molecule has 5 nitrogen and oxygen atoms in total. The fourth-order valence-corrected chi connectivity index (χ4v) is 1.84. The summed E-state index contributed by atoms with van der Waals surface area (Å²) >= 11 is 0. The Labute approximate surface area is 93.7 Å². The van der Waals surface area contributed by atoms with Crippen molar-refractivity contribution in [3.8, 4) is 6.07 Å². The van der Waals surface area contributed by atoms with Crippen molar-refractivity contribution >= 4 is 5.91 Å².